The van der Waals surface area contributed by atoms with Gasteiger partial charge in [-0.15, -0.1) is 0 Å². The molecule has 2 rings (SSSR count). The highest BCUT2D eigenvalue weighted by atomic mass is 16.3. The fourth-order valence-corrected chi connectivity index (χ4v) is 1.63. The second-order valence-corrected chi connectivity index (χ2v) is 3.60. The molecule has 1 aromatic carbocycles. The first-order valence-corrected chi connectivity index (χ1v) is 5.16. The molecule has 0 saturated heterocycles. The summed E-state index contributed by atoms with van der Waals surface area (Å²) in [5.74, 6) is 0. The molecule has 0 amide bonds. The highest BCUT2D eigenvalue weighted by Gasteiger charge is 2.11. The van der Waals surface area contributed by atoms with Crippen molar-refractivity contribution < 1.29 is 0 Å². The monoisotopic (exact) mass is 212 g/mol. The van der Waals surface area contributed by atoms with E-state index in [2.05, 4.69) is 10.2 Å². The van der Waals surface area contributed by atoms with Crippen LogP contribution in [0.15, 0.2) is 60.0 Å². The van der Waals surface area contributed by atoms with Crippen molar-refractivity contribution in [2.45, 2.75) is 12.5 Å². The van der Waals surface area contributed by atoms with E-state index in [-0.39, 0.29) is 6.04 Å². The zero-order valence-corrected chi connectivity index (χ0v) is 8.78. The minimum absolute atomic E-state index is 0.328. The van der Waals surface area contributed by atoms with Gasteiger partial charge in [-0.25, -0.2) is 0 Å². The van der Waals surface area contributed by atoms with Crippen molar-refractivity contribution in [2.24, 2.45) is 5.18 Å². The van der Waals surface area contributed by atoms with Gasteiger partial charge >= 0.3 is 0 Å². The average molecular weight is 212 g/mol. The number of pyridine rings is 1. The lowest BCUT2D eigenvalue weighted by Gasteiger charge is -2.08. The summed E-state index contributed by atoms with van der Waals surface area (Å²) < 4.78 is 0. The second kappa shape index (κ2) is 5.16. The largest absolute Gasteiger partial charge is 0.264 e. The maximum absolute atomic E-state index is 10.8. The SMILES string of the molecule is O=NC(Cc1cccnc1)c1ccccc1. The zero-order chi connectivity index (χ0) is 11.2. The predicted molar refractivity (Wildman–Crippen MR) is 62.9 cm³/mol. The Labute approximate surface area is 94.1 Å². The molecule has 0 radical (unpaired) electrons. The van der Waals surface area contributed by atoms with Crippen LogP contribution in [-0.4, -0.2) is 4.98 Å². The topological polar surface area (TPSA) is 42.3 Å². The van der Waals surface area contributed by atoms with Crippen LogP contribution in [0.25, 0.3) is 0 Å². The third kappa shape index (κ3) is 2.51. The van der Waals surface area contributed by atoms with Gasteiger partial charge in [-0.05, 0) is 17.2 Å². The van der Waals surface area contributed by atoms with Crippen LogP contribution >= 0.6 is 0 Å². The molecule has 0 bridgehead atoms. The van der Waals surface area contributed by atoms with E-state index >= 15 is 0 Å². The van der Waals surface area contributed by atoms with Gasteiger partial charge in [-0.2, -0.15) is 4.91 Å². The minimum atomic E-state index is -0.328. The Morgan fingerprint density at radius 3 is 2.56 bits per heavy atom. The standard InChI is InChI=1S/C13H12N2O/c16-15-13(12-6-2-1-3-7-12)9-11-5-4-8-14-10-11/h1-8,10,13H,9H2. The Morgan fingerprint density at radius 2 is 1.94 bits per heavy atom. The van der Waals surface area contributed by atoms with Gasteiger partial charge in [-0.1, -0.05) is 41.6 Å². The molecule has 0 N–H and O–H groups in total. The summed E-state index contributed by atoms with van der Waals surface area (Å²) in [6.07, 6.45) is 4.08. The van der Waals surface area contributed by atoms with E-state index in [1.807, 2.05) is 42.5 Å². The van der Waals surface area contributed by atoms with Gasteiger partial charge in [0.15, 0.2) is 0 Å². The van der Waals surface area contributed by atoms with Gasteiger partial charge in [-0.3, -0.25) is 4.98 Å². The molecule has 1 heterocycles. The molecule has 1 unspecified atom stereocenters. The lowest BCUT2D eigenvalue weighted by Crippen LogP contribution is -1.99. The molecule has 0 spiro atoms. The normalized spacial score (nSPS) is 12.0. The molecule has 3 nitrogen and oxygen atoms in total. The van der Waals surface area contributed by atoms with Crippen molar-refractivity contribution in [3.63, 3.8) is 0 Å². The van der Waals surface area contributed by atoms with Crippen LogP contribution in [0.5, 0.6) is 0 Å². The highest BCUT2D eigenvalue weighted by molar-refractivity contribution is 5.22. The number of hydrogen-bond donors (Lipinski definition) is 0. The van der Waals surface area contributed by atoms with Crippen LogP contribution in [0.1, 0.15) is 17.2 Å². The minimum Gasteiger partial charge on any atom is -0.264 e. The Bertz CT molecular complexity index is 442. The van der Waals surface area contributed by atoms with E-state index in [1.54, 1.807) is 12.4 Å². The molecule has 1 aromatic heterocycles. The van der Waals surface area contributed by atoms with Crippen molar-refractivity contribution >= 4 is 0 Å². The first kappa shape index (κ1) is 10.5. The number of nitroso groups, excluding NO2 is 1. The van der Waals surface area contributed by atoms with Gasteiger partial charge in [0.05, 0.1) is 0 Å². The highest BCUT2D eigenvalue weighted by Crippen LogP contribution is 2.21. The lowest BCUT2D eigenvalue weighted by atomic mass is 10.0. The van der Waals surface area contributed by atoms with Gasteiger partial charge in [0.25, 0.3) is 0 Å². The number of aromatic nitrogens is 1. The number of benzene rings is 1. The summed E-state index contributed by atoms with van der Waals surface area (Å²) >= 11 is 0. The molecule has 3 heteroatoms. The molecule has 1 atom stereocenters. The van der Waals surface area contributed by atoms with Gasteiger partial charge in [0.1, 0.15) is 6.04 Å². The zero-order valence-electron chi connectivity index (χ0n) is 8.78. The predicted octanol–water partition coefficient (Wildman–Crippen LogP) is 3.13. The van der Waals surface area contributed by atoms with Crippen LogP contribution in [0.4, 0.5) is 0 Å². The summed E-state index contributed by atoms with van der Waals surface area (Å²) in [5.41, 5.74) is 1.97. The van der Waals surface area contributed by atoms with Crippen molar-refractivity contribution in [2.75, 3.05) is 0 Å². The number of nitrogens with zero attached hydrogens (tertiary/aromatic N) is 2. The van der Waals surface area contributed by atoms with Crippen molar-refractivity contribution in [1.29, 1.82) is 0 Å². The fraction of sp³-hybridized carbons (Fsp3) is 0.154. The van der Waals surface area contributed by atoms with E-state index < -0.39 is 0 Å². The maximum atomic E-state index is 10.8. The van der Waals surface area contributed by atoms with Crippen molar-refractivity contribution in [3.8, 4) is 0 Å². The average Bonchev–Trinajstić information content (AvgIpc) is 2.38. The number of rotatable bonds is 4. The molecular weight excluding hydrogens is 200 g/mol. The molecule has 2 aromatic rings. The van der Waals surface area contributed by atoms with Crippen LogP contribution in [-0.2, 0) is 6.42 Å². The third-order valence-corrected chi connectivity index (χ3v) is 2.46. The first-order valence-electron chi connectivity index (χ1n) is 5.16. The van der Waals surface area contributed by atoms with Gasteiger partial charge < -0.3 is 0 Å². The Hall–Kier alpha value is -2.03. The van der Waals surface area contributed by atoms with Gasteiger partial charge in [0.2, 0.25) is 0 Å². The van der Waals surface area contributed by atoms with E-state index in [4.69, 9.17) is 0 Å². The van der Waals surface area contributed by atoms with E-state index in [0.29, 0.717) is 6.42 Å². The molecular formula is C13H12N2O. The second-order valence-electron chi connectivity index (χ2n) is 3.60. The van der Waals surface area contributed by atoms with E-state index in [1.165, 1.54) is 0 Å². The van der Waals surface area contributed by atoms with Crippen LogP contribution in [0.3, 0.4) is 0 Å². The Balaban J connectivity index is 2.16. The van der Waals surface area contributed by atoms with Gasteiger partial charge in [0, 0.05) is 18.8 Å². The number of hydrogen-bond acceptors (Lipinski definition) is 3. The Morgan fingerprint density at radius 1 is 1.12 bits per heavy atom. The lowest BCUT2D eigenvalue weighted by molar-refractivity contribution is 0.716. The van der Waals surface area contributed by atoms with Crippen molar-refractivity contribution in [3.05, 3.63) is 70.9 Å². The summed E-state index contributed by atoms with van der Waals surface area (Å²) in [4.78, 5) is 14.9. The first-order chi connectivity index (χ1) is 7.90. The molecule has 0 aliphatic heterocycles. The summed E-state index contributed by atoms with van der Waals surface area (Å²) in [6, 6.07) is 13.1. The molecule has 0 saturated carbocycles. The van der Waals surface area contributed by atoms with Crippen LogP contribution < -0.4 is 0 Å². The van der Waals surface area contributed by atoms with Crippen LogP contribution in [0, 0.1) is 4.91 Å². The smallest absolute Gasteiger partial charge is 0.121 e. The molecule has 0 aliphatic carbocycles. The summed E-state index contributed by atoms with van der Waals surface area (Å²) in [5, 5.41) is 3.18. The summed E-state index contributed by atoms with van der Waals surface area (Å²) in [7, 11) is 0. The molecule has 0 fully saturated rings. The summed E-state index contributed by atoms with van der Waals surface area (Å²) in [6.45, 7) is 0. The molecule has 16 heavy (non-hydrogen) atoms. The maximum Gasteiger partial charge on any atom is 0.121 e. The third-order valence-electron chi connectivity index (χ3n) is 2.46. The van der Waals surface area contributed by atoms with Crippen LogP contribution in [0.2, 0.25) is 0 Å². The van der Waals surface area contributed by atoms with Crippen molar-refractivity contribution in [1.82, 2.24) is 4.98 Å². The fourth-order valence-electron chi connectivity index (χ4n) is 1.63. The van der Waals surface area contributed by atoms with E-state index in [9.17, 15) is 4.91 Å². The van der Waals surface area contributed by atoms with E-state index in [0.717, 1.165) is 11.1 Å². The molecule has 0 aliphatic rings. The quantitative estimate of drug-likeness (QED) is 0.730. The molecule has 80 valence electrons. The Kier molecular flexibility index (Phi) is 3.38.